The van der Waals surface area contributed by atoms with Crippen LogP contribution in [0.1, 0.15) is 62.3 Å². The van der Waals surface area contributed by atoms with Crippen LogP contribution in [0.4, 0.5) is 5.88 Å². The van der Waals surface area contributed by atoms with Crippen LogP contribution >= 0.6 is 0 Å². The summed E-state index contributed by atoms with van der Waals surface area (Å²) in [4.78, 5) is 15.9. The highest BCUT2D eigenvalue weighted by Crippen LogP contribution is 2.48. The van der Waals surface area contributed by atoms with Crippen molar-refractivity contribution < 1.29 is 13.9 Å². The molecule has 5 heteroatoms. The number of hydrogen-bond acceptors (Lipinski definition) is 5. The smallest absolute Gasteiger partial charge is 0.362 e. The third kappa shape index (κ3) is 2.21. The Hall–Kier alpha value is -1.52. The van der Waals surface area contributed by atoms with Crippen LogP contribution in [-0.4, -0.2) is 17.6 Å². The molecule has 1 aliphatic carbocycles. The van der Waals surface area contributed by atoms with Crippen LogP contribution in [0.2, 0.25) is 0 Å². The highest BCUT2D eigenvalue weighted by Gasteiger charge is 2.39. The molecule has 1 heterocycles. The van der Waals surface area contributed by atoms with Gasteiger partial charge in [-0.25, -0.2) is 9.78 Å². The minimum atomic E-state index is -0.513. The molecule has 5 nitrogen and oxygen atoms in total. The standard InChI is InChI=1S/C13H20N2O3/c1-4-17-12(16)9-10(14)18-11(15-9)8-6-5-7-13(8,2)3/h8H,4-7,14H2,1-3H3. The van der Waals surface area contributed by atoms with Gasteiger partial charge < -0.3 is 14.9 Å². The summed E-state index contributed by atoms with van der Waals surface area (Å²) in [5, 5.41) is 0. The van der Waals surface area contributed by atoms with Crippen molar-refractivity contribution in [3.63, 3.8) is 0 Å². The van der Waals surface area contributed by atoms with Gasteiger partial charge in [0.2, 0.25) is 17.5 Å². The van der Waals surface area contributed by atoms with E-state index in [2.05, 4.69) is 18.8 Å². The van der Waals surface area contributed by atoms with Crippen LogP contribution in [0.3, 0.4) is 0 Å². The minimum Gasteiger partial charge on any atom is -0.461 e. The second-order valence-corrected chi connectivity index (χ2v) is 5.42. The van der Waals surface area contributed by atoms with Crippen molar-refractivity contribution >= 4 is 11.9 Å². The number of carbonyl (C=O) groups excluding carboxylic acids is 1. The maximum atomic E-state index is 11.6. The lowest BCUT2D eigenvalue weighted by atomic mass is 9.82. The molecular formula is C13H20N2O3. The minimum absolute atomic E-state index is 0.0613. The van der Waals surface area contributed by atoms with Gasteiger partial charge in [0.25, 0.3) is 0 Å². The second-order valence-electron chi connectivity index (χ2n) is 5.42. The lowest BCUT2D eigenvalue weighted by Gasteiger charge is -2.23. The van der Waals surface area contributed by atoms with E-state index in [1.807, 2.05) is 0 Å². The average molecular weight is 252 g/mol. The van der Waals surface area contributed by atoms with Crippen molar-refractivity contribution in [2.45, 2.75) is 46.0 Å². The molecule has 0 amide bonds. The van der Waals surface area contributed by atoms with Gasteiger partial charge in [0.15, 0.2) is 0 Å². The molecular weight excluding hydrogens is 232 g/mol. The molecule has 1 aromatic rings. The van der Waals surface area contributed by atoms with E-state index in [-0.39, 0.29) is 22.9 Å². The van der Waals surface area contributed by atoms with Gasteiger partial charge in [-0.3, -0.25) is 0 Å². The number of nitrogen functional groups attached to an aromatic ring is 1. The van der Waals surface area contributed by atoms with Crippen molar-refractivity contribution in [2.75, 3.05) is 12.3 Å². The van der Waals surface area contributed by atoms with E-state index < -0.39 is 5.97 Å². The Labute approximate surface area is 107 Å². The molecule has 1 unspecified atom stereocenters. The molecule has 1 saturated carbocycles. The molecule has 0 bridgehead atoms. The summed E-state index contributed by atoms with van der Waals surface area (Å²) in [5.74, 6) is 0.341. The van der Waals surface area contributed by atoms with Crippen molar-refractivity contribution in [3.8, 4) is 0 Å². The third-order valence-corrected chi connectivity index (χ3v) is 3.69. The molecule has 0 saturated heterocycles. The second kappa shape index (κ2) is 4.63. The van der Waals surface area contributed by atoms with Gasteiger partial charge in [0, 0.05) is 5.92 Å². The summed E-state index contributed by atoms with van der Waals surface area (Å²) >= 11 is 0. The van der Waals surface area contributed by atoms with Gasteiger partial charge in [-0.05, 0) is 25.2 Å². The topological polar surface area (TPSA) is 78.3 Å². The van der Waals surface area contributed by atoms with Gasteiger partial charge in [-0.2, -0.15) is 0 Å². The van der Waals surface area contributed by atoms with Gasteiger partial charge in [-0.1, -0.05) is 20.3 Å². The molecule has 0 aromatic carbocycles. The van der Waals surface area contributed by atoms with Crippen LogP contribution < -0.4 is 5.73 Å². The van der Waals surface area contributed by atoms with Gasteiger partial charge >= 0.3 is 5.97 Å². The predicted molar refractivity (Wildman–Crippen MR) is 67.2 cm³/mol. The first-order valence-corrected chi connectivity index (χ1v) is 6.39. The number of hydrogen-bond donors (Lipinski definition) is 1. The molecule has 0 aliphatic heterocycles. The number of esters is 1. The highest BCUT2D eigenvalue weighted by atomic mass is 16.5. The van der Waals surface area contributed by atoms with Crippen LogP contribution in [0.5, 0.6) is 0 Å². The van der Waals surface area contributed by atoms with Crippen LogP contribution in [0.15, 0.2) is 4.42 Å². The number of ether oxygens (including phenoxy) is 1. The first-order valence-electron chi connectivity index (χ1n) is 6.39. The molecule has 100 valence electrons. The largest absolute Gasteiger partial charge is 0.461 e. The molecule has 2 rings (SSSR count). The molecule has 0 spiro atoms. The molecule has 1 atom stereocenters. The lowest BCUT2D eigenvalue weighted by molar-refractivity contribution is 0.0521. The normalized spacial score (nSPS) is 22.1. The zero-order chi connectivity index (χ0) is 13.3. The van der Waals surface area contributed by atoms with Gasteiger partial charge in [0.1, 0.15) is 0 Å². The molecule has 2 N–H and O–H groups in total. The van der Waals surface area contributed by atoms with Crippen LogP contribution in [0, 0.1) is 5.41 Å². The molecule has 18 heavy (non-hydrogen) atoms. The average Bonchev–Trinajstić information content (AvgIpc) is 2.81. The molecule has 0 radical (unpaired) electrons. The van der Waals surface area contributed by atoms with Crippen LogP contribution in [-0.2, 0) is 4.74 Å². The summed E-state index contributed by atoms with van der Waals surface area (Å²) in [7, 11) is 0. The van der Waals surface area contributed by atoms with Crippen LogP contribution in [0.25, 0.3) is 0 Å². The van der Waals surface area contributed by atoms with E-state index in [1.54, 1.807) is 6.92 Å². The number of nitrogens with zero attached hydrogens (tertiary/aromatic N) is 1. The Morgan fingerprint density at radius 3 is 2.89 bits per heavy atom. The van der Waals surface area contributed by atoms with Crippen molar-refractivity contribution in [2.24, 2.45) is 5.41 Å². The molecule has 1 aromatic heterocycles. The molecule has 1 aliphatic rings. The summed E-state index contributed by atoms with van der Waals surface area (Å²) in [5.41, 5.74) is 5.95. The third-order valence-electron chi connectivity index (χ3n) is 3.69. The fraction of sp³-hybridized carbons (Fsp3) is 0.692. The Balaban J connectivity index is 2.26. The Kier molecular flexibility index (Phi) is 3.32. The zero-order valence-corrected chi connectivity index (χ0v) is 11.2. The fourth-order valence-electron chi connectivity index (χ4n) is 2.63. The number of aromatic nitrogens is 1. The number of oxazole rings is 1. The maximum Gasteiger partial charge on any atom is 0.362 e. The van der Waals surface area contributed by atoms with E-state index in [9.17, 15) is 4.79 Å². The fourth-order valence-corrected chi connectivity index (χ4v) is 2.63. The number of nitrogens with two attached hydrogens (primary N) is 1. The van der Waals surface area contributed by atoms with Gasteiger partial charge in [0.05, 0.1) is 6.61 Å². The summed E-state index contributed by atoms with van der Waals surface area (Å²) in [6.45, 7) is 6.43. The maximum absolute atomic E-state index is 11.6. The summed E-state index contributed by atoms with van der Waals surface area (Å²) in [6.07, 6.45) is 3.30. The van der Waals surface area contributed by atoms with E-state index in [0.29, 0.717) is 12.5 Å². The Morgan fingerprint density at radius 1 is 1.61 bits per heavy atom. The zero-order valence-electron chi connectivity index (χ0n) is 11.2. The first kappa shape index (κ1) is 12.9. The highest BCUT2D eigenvalue weighted by molar-refractivity contribution is 5.91. The van der Waals surface area contributed by atoms with E-state index in [1.165, 1.54) is 0 Å². The first-order chi connectivity index (χ1) is 8.45. The number of carbonyl (C=O) groups is 1. The monoisotopic (exact) mass is 252 g/mol. The van der Waals surface area contributed by atoms with E-state index >= 15 is 0 Å². The van der Waals surface area contributed by atoms with Gasteiger partial charge in [-0.15, -0.1) is 0 Å². The Morgan fingerprint density at radius 2 is 2.33 bits per heavy atom. The Bertz CT molecular complexity index is 451. The lowest BCUT2D eigenvalue weighted by Crippen LogP contribution is -2.16. The number of rotatable bonds is 3. The van der Waals surface area contributed by atoms with E-state index in [0.717, 1.165) is 19.3 Å². The summed E-state index contributed by atoms with van der Waals surface area (Å²) in [6, 6.07) is 0. The quantitative estimate of drug-likeness (QED) is 0.837. The van der Waals surface area contributed by atoms with Crippen molar-refractivity contribution in [1.29, 1.82) is 0 Å². The SMILES string of the molecule is CCOC(=O)c1nc(C2CCCC2(C)C)oc1N. The number of anilines is 1. The van der Waals surface area contributed by atoms with Crippen molar-refractivity contribution in [3.05, 3.63) is 11.6 Å². The summed E-state index contributed by atoms with van der Waals surface area (Å²) < 4.78 is 10.4. The van der Waals surface area contributed by atoms with Crippen molar-refractivity contribution in [1.82, 2.24) is 4.98 Å². The predicted octanol–water partition coefficient (Wildman–Crippen LogP) is 2.73. The van der Waals surface area contributed by atoms with E-state index in [4.69, 9.17) is 14.9 Å². The molecule has 1 fully saturated rings.